The molecule has 0 fully saturated rings. The van der Waals surface area contributed by atoms with Gasteiger partial charge in [-0.25, -0.2) is 9.97 Å². The number of benzene rings is 1. The highest BCUT2D eigenvalue weighted by atomic mass is 15.2. The second-order valence-electron chi connectivity index (χ2n) is 4.60. The Labute approximate surface area is 106 Å². The summed E-state index contributed by atoms with van der Waals surface area (Å²) in [6.07, 6.45) is 5.47. The van der Waals surface area contributed by atoms with Crippen molar-refractivity contribution >= 4 is 11.5 Å². The van der Waals surface area contributed by atoms with Crippen LogP contribution in [0.3, 0.4) is 0 Å². The highest BCUT2D eigenvalue weighted by Gasteiger charge is 2.16. The second-order valence-corrected chi connectivity index (χ2v) is 4.60. The third kappa shape index (κ3) is 2.01. The Bertz CT molecular complexity index is 553. The predicted molar refractivity (Wildman–Crippen MR) is 72.3 cm³/mol. The van der Waals surface area contributed by atoms with E-state index >= 15 is 0 Å². The van der Waals surface area contributed by atoms with Gasteiger partial charge in [0, 0.05) is 13.1 Å². The van der Waals surface area contributed by atoms with E-state index in [0.717, 1.165) is 31.7 Å². The maximum atomic E-state index is 5.96. The molecule has 0 unspecified atom stereocenters. The van der Waals surface area contributed by atoms with E-state index in [1.54, 1.807) is 12.5 Å². The molecule has 0 radical (unpaired) electrons. The zero-order chi connectivity index (χ0) is 12.4. The van der Waals surface area contributed by atoms with Crippen LogP contribution in [0.4, 0.5) is 11.5 Å². The summed E-state index contributed by atoms with van der Waals surface area (Å²) in [5.41, 5.74) is 9.41. The van der Waals surface area contributed by atoms with Crippen molar-refractivity contribution in [3.63, 3.8) is 0 Å². The molecule has 0 saturated carbocycles. The lowest BCUT2D eigenvalue weighted by molar-refractivity contribution is 0.754. The standard InChI is InChI=1S/C14H16N4/c15-13-8-16-10-17-14(13)18-7-3-6-11-4-1-2-5-12(11)9-18/h1-2,4-5,8,10H,3,6-7,9,15H2. The molecule has 0 amide bonds. The molecular weight excluding hydrogens is 224 g/mol. The molecule has 1 aliphatic heterocycles. The van der Waals surface area contributed by atoms with Crippen LogP contribution in [-0.2, 0) is 13.0 Å². The number of nitrogens with zero attached hydrogens (tertiary/aromatic N) is 3. The number of nitrogens with two attached hydrogens (primary N) is 1. The average molecular weight is 240 g/mol. The van der Waals surface area contributed by atoms with Crippen molar-refractivity contribution in [1.82, 2.24) is 9.97 Å². The van der Waals surface area contributed by atoms with E-state index in [-0.39, 0.29) is 0 Å². The minimum Gasteiger partial charge on any atom is -0.394 e. The molecule has 4 heteroatoms. The number of aromatic nitrogens is 2. The van der Waals surface area contributed by atoms with Crippen LogP contribution >= 0.6 is 0 Å². The van der Waals surface area contributed by atoms with Gasteiger partial charge in [-0.05, 0) is 24.0 Å². The summed E-state index contributed by atoms with van der Waals surface area (Å²) in [5.74, 6) is 0.849. The van der Waals surface area contributed by atoms with Crippen molar-refractivity contribution in [1.29, 1.82) is 0 Å². The summed E-state index contributed by atoms with van der Waals surface area (Å²) in [5, 5.41) is 0. The first-order valence-corrected chi connectivity index (χ1v) is 6.22. The molecular formula is C14H16N4. The van der Waals surface area contributed by atoms with Gasteiger partial charge >= 0.3 is 0 Å². The van der Waals surface area contributed by atoms with Crippen LogP contribution in [0.2, 0.25) is 0 Å². The Hall–Kier alpha value is -2.10. The Morgan fingerprint density at radius 3 is 2.83 bits per heavy atom. The molecule has 2 aromatic rings. The molecule has 0 bridgehead atoms. The fourth-order valence-corrected chi connectivity index (χ4v) is 2.48. The molecule has 1 aromatic carbocycles. The molecule has 0 atom stereocenters. The first-order valence-electron chi connectivity index (χ1n) is 6.22. The number of fused-ring (bicyclic) bond motifs is 1. The monoisotopic (exact) mass is 240 g/mol. The van der Waals surface area contributed by atoms with Crippen molar-refractivity contribution in [3.8, 4) is 0 Å². The number of rotatable bonds is 1. The normalized spacial score (nSPS) is 15.0. The third-order valence-corrected chi connectivity index (χ3v) is 3.37. The minimum atomic E-state index is 0.650. The quantitative estimate of drug-likeness (QED) is 0.828. The van der Waals surface area contributed by atoms with Crippen LogP contribution in [-0.4, -0.2) is 16.5 Å². The van der Waals surface area contributed by atoms with E-state index in [0.29, 0.717) is 5.69 Å². The van der Waals surface area contributed by atoms with Crippen LogP contribution < -0.4 is 10.6 Å². The van der Waals surface area contributed by atoms with E-state index in [1.807, 2.05) is 0 Å². The van der Waals surface area contributed by atoms with Gasteiger partial charge in [0.15, 0.2) is 5.82 Å². The topological polar surface area (TPSA) is 55.0 Å². The number of anilines is 2. The molecule has 2 N–H and O–H groups in total. The van der Waals surface area contributed by atoms with Crippen LogP contribution in [0.15, 0.2) is 36.8 Å². The molecule has 1 aliphatic rings. The van der Waals surface area contributed by atoms with Crippen molar-refractivity contribution in [2.75, 3.05) is 17.2 Å². The molecule has 0 spiro atoms. The van der Waals surface area contributed by atoms with Crippen molar-refractivity contribution in [2.24, 2.45) is 0 Å². The summed E-state index contributed by atoms with van der Waals surface area (Å²) >= 11 is 0. The Morgan fingerprint density at radius 1 is 1.17 bits per heavy atom. The highest BCUT2D eigenvalue weighted by molar-refractivity contribution is 5.61. The summed E-state index contributed by atoms with van der Waals surface area (Å²) in [4.78, 5) is 10.5. The van der Waals surface area contributed by atoms with Crippen LogP contribution in [0.25, 0.3) is 0 Å². The molecule has 3 rings (SSSR count). The van der Waals surface area contributed by atoms with E-state index < -0.39 is 0 Å². The molecule has 2 heterocycles. The van der Waals surface area contributed by atoms with Gasteiger partial charge in [0.05, 0.1) is 11.9 Å². The first kappa shape index (κ1) is 11.0. The number of aryl methyl sites for hydroxylation is 1. The van der Waals surface area contributed by atoms with Crippen LogP contribution in [0, 0.1) is 0 Å². The first-order chi connectivity index (χ1) is 8.84. The summed E-state index contributed by atoms with van der Waals surface area (Å²) in [6.45, 7) is 1.85. The van der Waals surface area contributed by atoms with E-state index in [9.17, 15) is 0 Å². The second kappa shape index (κ2) is 4.64. The molecule has 92 valence electrons. The van der Waals surface area contributed by atoms with Gasteiger partial charge in [-0.15, -0.1) is 0 Å². The average Bonchev–Trinajstić information content (AvgIpc) is 2.61. The summed E-state index contributed by atoms with van der Waals surface area (Å²) in [6, 6.07) is 8.59. The van der Waals surface area contributed by atoms with Crippen molar-refractivity contribution < 1.29 is 0 Å². The zero-order valence-electron chi connectivity index (χ0n) is 10.2. The predicted octanol–water partition coefficient (Wildman–Crippen LogP) is 2.01. The number of hydrogen-bond acceptors (Lipinski definition) is 4. The van der Waals surface area contributed by atoms with E-state index in [1.165, 1.54) is 11.1 Å². The Balaban J connectivity index is 1.94. The van der Waals surface area contributed by atoms with Gasteiger partial charge in [0.2, 0.25) is 0 Å². The van der Waals surface area contributed by atoms with E-state index in [4.69, 9.17) is 5.73 Å². The fraction of sp³-hybridized carbons (Fsp3) is 0.286. The number of nitrogen functional groups attached to an aromatic ring is 1. The molecule has 0 saturated heterocycles. The van der Waals surface area contributed by atoms with Crippen molar-refractivity contribution in [2.45, 2.75) is 19.4 Å². The summed E-state index contributed by atoms with van der Waals surface area (Å²) in [7, 11) is 0. The molecule has 18 heavy (non-hydrogen) atoms. The van der Waals surface area contributed by atoms with Gasteiger partial charge in [-0.2, -0.15) is 0 Å². The third-order valence-electron chi connectivity index (χ3n) is 3.37. The maximum Gasteiger partial charge on any atom is 0.155 e. The largest absolute Gasteiger partial charge is 0.394 e. The van der Waals surface area contributed by atoms with Crippen molar-refractivity contribution in [3.05, 3.63) is 47.9 Å². The Kier molecular flexibility index (Phi) is 2.84. The van der Waals surface area contributed by atoms with Crippen LogP contribution in [0.5, 0.6) is 0 Å². The SMILES string of the molecule is Nc1cncnc1N1CCCc2ccccc2C1. The molecule has 4 nitrogen and oxygen atoms in total. The number of hydrogen-bond donors (Lipinski definition) is 1. The Morgan fingerprint density at radius 2 is 2.00 bits per heavy atom. The zero-order valence-corrected chi connectivity index (χ0v) is 10.2. The van der Waals surface area contributed by atoms with Gasteiger partial charge in [0.1, 0.15) is 6.33 Å². The van der Waals surface area contributed by atoms with Gasteiger partial charge in [-0.3, -0.25) is 0 Å². The van der Waals surface area contributed by atoms with E-state index in [2.05, 4.69) is 39.1 Å². The lowest BCUT2D eigenvalue weighted by atomic mass is 10.0. The minimum absolute atomic E-state index is 0.650. The molecule has 1 aromatic heterocycles. The van der Waals surface area contributed by atoms with Gasteiger partial charge in [-0.1, -0.05) is 24.3 Å². The summed E-state index contributed by atoms with van der Waals surface area (Å²) < 4.78 is 0. The van der Waals surface area contributed by atoms with Crippen LogP contribution in [0.1, 0.15) is 17.5 Å². The fourth-order valence-electron chi connectivity index (χ4n) is 2.48. The lowest BCUT2D eigenvalue weighted by Gasteiger charge is -2.22. The van der Waals surface area contributed by atoms with Gasteiger partial charge < -0.3 is 10.6 Å². The molecule has 0 aliphatic carbocycles. The lowest BCUT2D eigenvalue weighted by Crippen LogP contribution is -2.24. The maximum absolute atomic E-state index is 5.96. The van der Waals surface area contributed by atoms with Gasteiger partial charge in [0.25, 0.3) is 0 Å². The smallest absolute Gasteiger partial charge is 0.155 e. The highest BCUT2D eigenvalue weighted by Crippen LogP contribution is 2.25.